The van der Waals surface area contributed by atoms with E-state index in [4.69, 9.17) is 4.74 Å². The summed E-state index contributed by atoms with van der Waals surface area (Å²) < 4.78 is 20.1. The predicted molar refractivity (Wildman–Crippen MR) is 110 cm³/mol. The van der Waals surface area contributed by atoms with E-state index < -0.39 is 0 Å². The number of hydrogen-bond donors (Lipinski definition) is 0. The van der Waals surface area contributed by atoms with Crippen LogP contribution in [0.3, 0.4) is 0 Å². The van der Waals surface area contributed by atoms with Gasteiger partial charge in [0.1, 0.15) is 23.2 Å². The molecule has 0 fully saturated rings. The number of ether oxygens (including phenoxy) is 1. The van der Waals surface area contributed by atoms with Gasteiger partial charge in [-0.05, 0) is 47.0 Å². The van der Waals surface area contributed by atoms with E-state index >= 15 is 0 Å². The van der Waals surface area contributed by atoms with Gasteiger partial charge < -0.3 is 4.74 Å². The van der Waals surface area contributed by atoms with E-state index in [1.54, 1.807) is 6.20 Å². The molecular formula is C23H18FNOS. The van der Waals surface area contributed by atoms with Crippen LogP contribution in [0.1, 0.15) is 23.1 Å². The van der Waals surface area contributed by atoms with Crippen molar-refractivity contribution in [3.63, 3.8) is 0 Å². The molecule has 1 heterocycles. The molecule has 3 aromatic carbocycles. The highest BCUT2D eigenvalue weighted by atomic mass is 32.1. The van der Waals surface area contributed by atoms with Gasteiger partial charge in [0.15, 0.2) is 0 Å². The van der Waals surface area contributed by atoms with Crippen molar-refractivity contribution in [2.24, 2.45) is 0 Å². The summed E-state index contributed by atoms with van der Waals surface area (Å²) in [6.45, 7) is 2.31. The van der Waals surface area contributed by atoms with Gasteiger partial charge in [0.2, 0.25) is 0 Å². The first-order valence-corrected chi connectivity index (χ1v) is 9.58. The quantitative estimate of drug-likeness (QED) is 0.399. The van der Waals surface area contributed by atoms with Crippen LogP contribution in [0.2, 0.25) is 0 Å². The lowest BCUT2D eigenvalue weighted by Crippen LogP contribution is -1.97. The Morgan fingerprint density at radius 2 is 1.93 bits per heavy atom. The molecule has 134 valence electrons. The molecule has 4 heteroatoms. The van der Waals surface area contributed by atoms with E-state index in [-0.39, 0.29) is 5.82 Å². The van der Waals surface area contributed by atoms with Gasteiger partial charge in [-0.2, -0.15) is 0 Å². The molecule has 1 aromatic heterocycles. The third-order valence-corrected chi connectivity index (χ3v) is 5.16. The van der Waals surface area contributed by atoms with Crippen molar-refractivity contribution in [2.45, 2.75) is 13.5 Å². The summed E-state index contributed by atoms with van der Waals surface area (Å²) in [6.07, 6.45) is 3.70. The molecule has 4 rings (SSSR count). The fraction of sp³-hybridized carbons (Fsp3) is 0.0870. The summed E-state index contributed by atoms with van der Waals surface area (Å²) in [7, 11) is 0. The molecule has 0 saturated carbocycles. The van der Waals surface area contributed by atoms with Crippen molar-refractivity contribution in [2.75, 3.05) is 0 Å². The Balaban J connectivity index is 1.57. The maximum Gasteiger partial charge on any atom is 0.127 e. The van der Waals surface area contributed by atoms with Crippen molar-refractivity contribution in [1.82, 2.24) is 4.98 Å². The largest absolute Gasteiger partial charge is 0.489 e. The molecule has 2 nitrogen and oxygen atoms in total. The maximum absolute atomic E-state index is 14.2. The highest BCUT2D eigenvalue weighted by Gasteiger charge is 2.10. The smallest absolute Gasteiger partial charge is 0.127 e. The zero-order valence-corrected chi connectivity index (χ0v) is 15.7. The molecule has 0 bridgehead atoms. The average molecular weight is 375 g/mol. The Morgan fingerprint density at radius 3 is 2.70 bits per heavy atom. The number of benzene rings is 3. The van der Waals surface area contributed by atoms with E-state index in [2.05, 4.69) is 29.2 Å². The fourth-order valence-electron chi connectivity index (χ4n) is 3.07. The summed E-state index contributed by atoms with van der Waals surface area (Å²) in [6, 6.07) is 19.2. The lowest BCUT2D eigenvalue weighted by Gasteiger charge is -2.11. The monoisotopic (exact) mass is 375 g/mol. The van der Waals surface area contributed by atoms with Crippen LogP contribution in [0.15, 0.2) is 78.3 Å². The van der Waals surface area contributed by atoms with E-state index in [0.717, 1.165) is 21.7 Å². The maximum atomic E-state index is 14.2. The highest BCUT2D eigenvalue weighted by molar-refractivity contribution is 7.10. The second-order valence-electron chi connectivity index (χ2n) is 6.19. The molecule has 0 saturated heterocycles. The van der Waals surface area contributed by atoms with E-state index in [1.807, 2.05) is 42.6 Å². The number of allylic oxidation sites excluding steroid dienone is 1. The molecule has 0 N–H and O–H groups in total. The second kappa shape index (κ2) is 7.72. The van der Waals surface area contributed by atoms with Crippen LogP contribution in [0.4, 0.5) is 4.39 Å². The number of aromatic nitrogens is 1. The second-order valence-corrected chi connectivity index (χ2v) is 7.08. The van der Waals surface area contributed by atoms with Crippen molar-refractivity contribution in [1.29, 1.82) is 0 Å². The molecular weight excluding hydrogens is 357 g/mol. The molecule has 0 amide bonds. The van der Waals surface area contributed by atoms with Crippen LogP contribution in [0.25, 0.3) is 16.3 Å². The Hall–Kier alpha value is -2.98. The summed E-state index contributed by atoms with van der Waals surface area (Å²) in [5, 5.41) is 5.13. The number of rotatable bonds is 5. The van der Waals surface area contributed by atoms with Gasteiger partial charge >= 0.3 is 0 Å². The predicted octanol–water partition coefficient (Wildman–Crippen LogP) is 6.47. The SMILES string of the molecule is CC=C(c1cc(F)cc(OCc2ccc3ccccc3c2)c1)c1nccs1. The minimum atomic E-state index is -0.322. The number of halogens is 1. The number of nitrogens with zero attached hydrogens (tertiary/aromatic N) is 1. The zero-order chi connectivity index (χ0) is 18.6. The molecule has 0 aliphatic carbocycles. The Labute approximate surface area is 161 Å². The molecule has 0 radical (unpaired) electrons. The Bertz CT molecular complexity index is 1100. The Kier molecular flexibility index (Phi) is 4.99. The van der Waals surface area contributed by atoms with Crippen molar-refractivity contribution < 1.29 is 9.13 Å². The summed E-state index contributed by atoms with van der Waals surface area (Å²) in [4.78, 5) is 4.33. The molecule has 27 heavy (non-hydrogen) atoms. The van der Waals surface area contributed by atoms with Crippen LogP contribution in [0, 0.1) is 5.82 Å². The minimum absolute atomic E-state index is 0.322. The molecule has 0 aliphatic rings. The van der Waals surface area contributed by atoms with Crippen LogP contribution in [0.5, 0.6) is 5.75 Å². The summed E-state index contributed by atoms with van der Waals surface area (Å²) in [5.41, 5.74) is 2.71. The zero-order valence-electron chi connectivity index (χ0n) is 14.9. The van der Waals surface area contributed by atoms with Gasteiger partial charge in [-0.3, -0.25) is 0 Å². The summed E-state index contributed by atoms with van der Waals surface area (Å²) in [5.74, 6) is 0.186. The first kappa shape index (κ1) is 17.4. The van der Waals surface area contributed by atoms with Crippen LogP contribution in [-0.2, 0) is 6.61 Å². The van der Waals surface area contributed by atoms with Crippen molar-refractivity contribution >= 4 is 27.7 Å². The summed E-state index contributed by atoms with van der Waals surface area (Å²) >= 11 is 1.53. The van der Waals surface area contributed by atoms with Gasteiger partial charge in [-0.15, -0.1) is 11.3 Å². The topological polar surface area (TPSA) is 22.1 Å². The first-order chi connectivity index (χ1) is 13.2. The van der Waals surface area contributed by atoms with E-state index in [9.17, 15) is 4.39 Å². The van der Waals surface area contributed by atoms with Crippen molar-refractivity contribution in [3.8, 4) is 5.75 Å². The first-order valence-electron chi connectivity index (χ1n) is 8.70. The van der Waals surface area contributed by atoms with Gasteiger partial charge in [0, 0.05) is 23.2 Å². The molecule has 0 aliphatic heterocycles. The third-order valence-electron chi connectivity index (χ3n) is 4.35. The lowest BCUT2D eigenvalue weighted by atomic mass is 10.1. The van der Waals surface area contributed by atoms with Crippen molar-refractivity contribution in [3.05, 3.63) is 100 Å². The van der Waals surface area contributed by atoms with E-state index in [1.165, 1.54) is 34.2 Å². The normalized spacial score (nSPS) is 11.7. The van der Waals surface area contributed by atoms with E-state index in [0.29, 0.717) is 12.4 Å². The third kappa shape index (κ3) is 3.91. The number of thiazole rings is 1. The standard InChI is InChI=1S/C23H18FNOS/c1-2-22(23-25-9-10-27-23)19-12-20(24)14-21(13-19)26-15-16-7-8-17-5-3-4-6-18(17)11-16/h2-14H,15H2,1H3. The average Bonchev–Trinajstić information content (AvgIpc) is 3.21. The number of hydrogen-bond acceptors (Lipinski definition) is 3. The number of fused-ring (bicyclic) bond motifs is 1. The molecule has 4 aromatic rings. The van der Waals surface area contributed by atoms with Crippen LogP contribution < -0.4 is 4.74 Å². The molecule has 0 atom stereocenters. The van der Waals surface area contributed by atoms with Gasteiger partial charge in [-0.25, -0.2) is 9.37 Å². The lowest BCUT2D eigenvalue weighted by molar-refractivity contribution is 0.304. The van der Waals surface area contributed by atoms with Gasteiger partial charge in [0.25, 0.3) is 0 Å². The molecule has 0 unspecified atom stereocenters. The fourth-order valence-corrected chi connectivity index (χ4v) is 3.80. The van der Waals surface area contributed by atoms with Gasteiger partial charge in [-0.1, -0.05) is 42.5 Å². The minimum Gasteiger partial charge on any atom is -0.489 e. The van der Waals surface area contributed by atoms with Gasteiger partial charge in [0.05, 0.1) is 0 Å². The molecule has 0 spiro atoms. The highest BCUT2D eigenvalue weighted by Crippen LogP contribution is 2.29. The van der Waals surface area contributed by atoms with Crippen LogP contribution >= 0.6 is 11.3 Å². The van der Waals surface area contributed by atoms with Crippen LogP contribution in [-0.4, -0.2) is 4.98 Å². The Morgan fingerprint density at radius 1 is 1.07 bits per heavy atom.